The number of halogens is 6. The molecule has 0 aliphatic carbocycles. The fraction of sp³-hybridized carbons (Fsp3) is 0.364. The molecule has 2 heterocycles. The minimum absolute atomic E-state index is 0.0493. The van der Waals surface area contributed by atoms with Crippen LogP contribution in [0.5, 0.6) is 0 Å². The highest BCUT2D eigenvalue weighted by molar-refractivity contribution is 5.95. The SMILES string of the molecule is C[C@@H](NC(=O)c1cc(C(F)(F)F)cc(C(F)(F)F)c1)c1nc(NC(=O)OC(C)(C)C)nn1-c1ncccn1. The number of carbonyl (C=O) groups is 2. The van der Waals surface area contributed by atoms with Gasteiger partial charge < -0.3 is 10.1 Å². The van der Waals surface area contributed by atoms with Gasteiger partial charge in [0.25, 0.3) is 17.8 Å². The molecule has 0 saturated carbocycles. The van der Waals surface area contributed by atoms with E-state index in [1.54, 1.807) is 20.8 Å². The molecule has 204 valence electrons. The summed E-state index contributed by atoms with van der Waals surface area (Å²) in [4.78, 5) is 37.0. The largest absolute Gasteiger partial charge is 0.444 e. The van der Waals surface area contributed by atoms with Crippen LogP contribution in [0.15, 0.2) is 36.7 Å². The van der Waals surface area contributed by atoms with Gasteiger partial charge in [0.05, 0.1) is 17.2 Å². The highest BCUT2D eigenvalue weighted by Gasteiger charge is 2.37. The number of rotatable bonds is 5. The topological polar surface area (TPSA) is 124 Å². The Morgan fingerprint density at radius 2 is 1.50 bits per heavy atom. The molecule has 0 aliphatic rings. The van der Waals surface area contributed by atoms with E-state index in [0.29, 0.717) is 12.1 Å². The van der Waals surface area contributed by atoms with Crippen molar-refractivity contribution in [2.24, 2.45) is 0 Å². The molecule has 3 rings (SSSR count). The van der Waals surface area contributed by atoms with Gasteiger partial charge in [-0.3, -0.25) is 10.1 Å². The zero-order chi connectivity index (χ0) is 28.5. The van der Waals surface area contributed by atoms with Crippen LogP contribution in [0.25, 0.3) is 5.95 Å². The molecule has 38 heavy (non-hydrogen) atoms. The maximum atomic E-state index is 13.2. The molecule has 16 heteroatoms. The highest BCUT2D eigenvalue weighted by atomic mass is 19.4. The van der Waals surface area contributed by atoms with Crippen LogP contribution in [0.1, 0.15) is 61.0 Å². The Balaban J connectivity index is 1.95. The van der Waals surface area contributed by atoms with Gasteiger partial charge in [0.2, 0.25) is 0 Å². The van der Waals surface area contributed by atoms with Crippen LogP contribution in [0.2, 0.25) is 0 Å². The number of hydrogen-bond donors (Lipinski definition) is 2. The highest BCUT2D eigenvalue weighted by Crippen LogP contribution is 2.36. The van der Waals surface area contributed by atoms with Gasteiger partial charge in [0, 0.05) is 18.0 Å². The first-order valence-electron chi connectivity index (χ1n) is 10.8. The molecule has 0 saturated heterocycles. The molecular formula is C22H21F6N7O3. The summed E-state index contributed by atoms with van der Waals surface area (Å²) < 4.78 is 85.4. The van der Waals surface area contributed by atoms with Crippen molar-refractivity contribution >= 4 is 17.9 Å². The minimum Gasteiger partial charge on any atom is -0.444 e. The minimum atomic E-state index is -5.13. The van der Waals surface area contributed by atoms with E-state index >= 15 is 0 Å². The zero-order valence-electron chi connectivity index (χ0n) is 20.3. The molecule has 2 aromatic heterocycles. The van der Waals surface area contributed by atoms with Crippen LogP contribution in [0, 0.1) is 0 Å². The second-order valence-electron chi connectivity index (χ2n) is 8.87. The summed E-state index contributed by atoms with van der Waals surface area (Å²) in [6, 6.07) is 0.863. The molecule has 3 aromatic rings. The number of carbonyl (C=O) groups excluding carboxylic acids is 2. The maximum Gasteiger partial charge on any atom is 0.416 e. The molecule has 0 radical (unpaired) electrons. The molecule has 1 aromatic carbocycles. The summed E-state index contributed by atoms with van der Waals surface area (Å²) in [6.07, 6.45) is -8.45. The number of nitrogens with zero attached hydrogens (tertiary/aromatic N) is 5. The number of amides is 2. The van der Waals surface area contributed by atoms with Gasteiger partial charge in [-0.25, -0.2) is 14.8 Å². The van der Waals surface area contributed by atoms with E-state index in [0.717, 1.165) is 4.68 Å². The smallest absolute Gasteiger partial charge is 0.416 e. The summed E-state index contributed by atoms with van der Waals surface area (Å²) in [6.45, 7) is 6.21. The normalized spacial score (nSPS) is 13.1. The van der Waals surface area contributed by atoms with Crippen molar-refractivity contribution in [3.63, 3.8) is 0 Å². The molecule has 2 amide bonds. The summed E-state index contributed by atoms with van der Waals surface area (Å²) in [7, 11) is 0. The first-order valence-corrected chi connectivity index (χ1v) is 10.8. The molecule has 0 spiro atoms. The third kappa shape index (κ3) is 7.17. The van der Waals surface area contributed by atoms with Gasteiger partial charge in [-0.2, -0.15) is 36.0 Å². The van der Waals surface area contributed by atoms with E-state index in [1.165, 1.54) is 25.4 Å². The van der Waals surface area contributed by atoms with Crippen LogP contribution in [0.4, 0.5) is 37.1 Å². The molecule has 2 N–H and O–H groups in total. The van der Waals surface area contributed by atoms with Crippen molar-refractivity contribution in [1.82, 2.24) is 30.0 Å². The van der Waals surface area contributed by atoms with Gasteiger partial charge in [-0.05, 0) is 52.0 Å². The number of alkyl halides is 6. The predicted molar refractivity (Wildman–Crippen MR) is 119 cm³/mol. The van der Waals surface area contributed by atoms with Crippen LogP contribution in [-0.2, 0) is 17.1 Å². The van der Waals surface area contributed by atoms with Gasteiger partial charge >= 0.3 is 18.4 Å². The molecule has 0 bridgehead atoms. The van der Waals surface area contributed by atoms with Crippen LogP contribution >= 0.6 is 0 Å². The Bertz CT molecular complexity index is 1290. The van der Waals surface area contributed by atoms with Crippen molar-refractivity contribution in [2.45, 2.75) is 51.7 Å². The summed E-state index contributed by atoms with van der Waals surface area (Å²) >= 11 is 0. The van der Waals surface area contributed by atoms with Crippen molar-refractivity contribution < 1.29 is 40.7 Å². The monoisotopic (exact) mass is 545 g/mol. The first-order chi connectivity index (χ1) is 17.4. The summed E-state index contributed by atoms with van der Waals surface area (Å²) in [5, 5.41) is 8.65. The van der Waals surface area contributed by atoms with E-state index in [2.05, 4.69) is 30.7 Å². The average molecular weight is 545 g/mol. The third-order valence-electron chi connectivity index (χ3n) is 4.57. The molecular weight excluding hydrogens is 524 g/mol. The van der Waals surface area contributed by atoms with Gasteiger partial charge in [0.15, 0.2) is 5.82 Å². The van der Waals surface area contributed by atoms with Crippen LogP contribution in [0.3, 0.4) is 0 Å². The summed E-state index contributed by atoms with van der Waals surface area (Å²) in [5.41, 5.74) is -5.02. The molecule has 0 aliphatic heterocycles. The number of aromatic nitrogens is 5. The number of benzene rings is 1. The zero-order valence-corrected chi connectivity index (χ0v) is 20.3. The van der Waals surface area contributed by atoms with Crippen molar-refractivity contribution in [2.75, 3.05) is 5.32 Å². The van der Waals surface area contributed by atoms with Crippen molar-refractivity contribution in [3.8, 4) is 5.95 Å². The molecule has 10 nitrogen and oxygen atoms in total. The maximum absolute atomic E-state index is 13.2. The van der Waals surface area contributed by atoms with Gasteiger partial charge in [0.1, 0.15) is 5.60 Å². The fourth-order valence-electron chi connectivity index (χ4n) is 3.03. The lowest BCUT2D eigenvalue weighted by molar-refractivity contribution is -0.143. The van der Waals surface area contributed by atoms with Crippen molar-refractivity contribution in [1.29, 1.82) is 0 Å². The Labute approximate surface area is 211 Å². The second kappa shape index (κ2) is 10.3. The van der Waals surface area contributed by atoms with E-state index in [1.807, 2.05) is 0 Å². The van der Waals surface area contributed by atoms with Crippen LogP contribution < -0.4 is 10.6 Å². The number of anilines is 1. The molecule has 1 atom stereocenters. The first kappa shape index (κ1) is 28.3. The Kier molecular flexibility index (Phi) is 7.65. The van der Waals surface area contributed by atoms with E-state index in [9.17, 15) is 35.9 Å². The average Bonchev–Trinajstić information content (AvgIpc) is 3.20. The quantitative estimate of drug-likeness (QED) is 0.436. The molecule has 0 unspecified atom stereocenters. The Hall–Kier alpha value is -4.24. The van der Waals surface area contributed by atoms with Crippen LogP contribution in [-0.4, -0.2) is 42.3 Å². The lowest BCUT2D eigenvalue weighted by Gasteiger charge is -2.18. The lowest BCUT2D eigenvalue weighted by Crippen LogP contribution is -2.29. The predicted octanol–water partition coefficient (Wildman–Crippen LogP) is 4.93. The van der Waals surface area contributed by atoms with Gasteiger partial charge in [-0.15, -0.1) is 5.10 Å². The number of nitrogens with one attached hydrogen (secondary N) is 2. The van der Waals surface area contributed by atoms with Gasteiger partial charge in [-0.1, -0.05) is 0 Å². The van der Waals surface area contributed by atoms with E-state index in [4.69, 9.17) is 4.74 Å². The standard InChI is InChI=1S/C22H21F6N7O3/c1-11(31-16(36)12-8-13(21(23,24)25)10-14(9-12)22(26,27)28)15-32-17(33-19(37)38-20(2,3)4)34-35(15)18-29-6-5-7-30-18/h5-11H,1-4H3,(H,31,36)(H,33,34,37)/t11-/m1/s1. The Morgan fingerprint density at radius 1 is 0.947 bits per heavy atom. The number of ether oxygens (including phenoxy) is 1. The molecule has 0 fully saturated rings. The third-order valence-corrected chi connectivity index (χ3v) is 4.57. The summed E-state index contributed by atoms with van der Waals surface area (Å²) in [5.74, 6) is -1.69. The Morgan fingerprint density at radius 3 is 2.00 bits per heavy atom. The van der Waals surface area contributed by atoms with E-state index in [-0.39, 0.29) is 23.8 Å². The van der Waals surface area contributed by atoms with Crippen molar-refractivity contribution in [3.05, 3.63) is 59.2 Å². The lowest BCUT2D eigenvalue weighted by atomic mass is 10.0. The fourth-order valence-corrected chi connectivity index (χ4v) is 3.03. The number of hydrogen-bond acceptors (Lipinski definition) is 7. The van der Waals surface area contributed by atoms with E-state index < -0.39 is 52.7 Å². The second-order valence-corrected chi connectivity index (χ2v) is 8.87.